The predicted octanol–water partition coefficient (Wildman–Crippen LogP) is 5.91. The van der Waals surface area contributed by atoms with Crippen molar-refractivity contribution in [3.05, 3.63) is 113 Å². The highest BCUT2D eigenvalue weighted by atomic mass is 16.5. The second-order valence-corrected chi connectivity index (χ2v) is 9.05. The molecule has 0 amide bonds. The fourth-order valence-corrected chi connectivity index (χ4v) is 4.48. The van der Waals surface area contributed by atoms with Gasteiger partial charge < -0.3 is 33.9 Å². The number of hydrogen-bond donors (Lipinski definition) is 2. The largest absolute Gasteiger partial charge is 0.497 e. The summed E-state index contributed by atoms with van der Waals surface area (Å²) < 4.78 is 28.0. The van der Waals surface area contributed by atoms with Crippen molar-refractivity contribution in [3.8, 4) is 28.7 Å². The fraction of sp³-hybridized carbons (Fsp3) is 0.212. The zero-order chi connectivity index (χ0) is 28.5. The van der Waals surface area contributed by atoms with E-state index >= 15 is 0 Å². The highest BCUT2D eigenvalue weighted by molar-refractivity contribution is 5.75. The molecular weight excluding hydrogens is 508 g/mol. The number of rotatable bonds is 12. The number of aliphatic hydroxyl groups excluding tert-OH is 1. The van der Waals surface area contributed by atoms with Gasteiger partial charge in [-0.2, -0.15) is 0 Å². The molecule has 7 heteroatoms. The lowest BCUT2D eigenvalue weighted by Gasteiger charge is -2.25. The Hall–Kier alpha value is -4.46. The van der Waals surface area contributed by atoms with Crippen LogP contribution in [0.2, 0.25) is 0 Å². The topological polar surface area (TPSA) is 86.6 Å². The monoisotopic (exact) mass is 542 g/mol. The molecule has 0 saturated heterocycles. The molecule has 1 atom stereocenters. The van der Waals surface area contributed by atoms with E-state index in [-0.39, 0.29) is 0 Å². The maximum atomic E-state index is 10.6. The molecule has 0 aliphatic heterocycles. The predicted molar refractivity (Wildman–Crippen MR) is 155 cm³/mol. The molecule has 4 rings (SSSR count). The number of hydrogen-bond acceptors (Lipinski definition) is 7. The van der Waals surface area contributed by atoms with Crippen LogP contribution in [-0.4, -0.2) is 44.9 Å². The number of ether oxygens (including phenoxy) is 5. The average molecular weight is 543 g/mol. The first-order valence-electron chi connectivity index (χ1n) is 12.8. The van der Waals surface area contributed by atoms with Gasteiger partial charge in [0, 0.05) is 17.7 Å². The van der Waals surface area contributed by atoms with Crippen molar-refractivity contribution in [2.45, 2.75) is 18.8 Å². The zero-order valence-corrected chi connectivity index (χ0v) is 23.0. The van der Waals surface area contributed by atoms with Crippen LogP contribution in [0.25, 0.3) is 12.2 Å². The molecular formula is C33H34O7. The minimum atomic E-state index is -1.74. The van der Waals surface area contributed by atoms with Crippen LogP contribution in [0.3, 0.4) is 0 Å². The van der Waals surface area contributed by atoms with Crippen LogP contribution in [0.1, 0.15) is 33.7 Å². The van der Waals surface area contributed by atoms with Crippen molar-refractivity contribution in [2.24, 2.45) is 0 Å². The highest BCUT2D eigenvalue weighted by Crippen LogP contribution is 2.42. The smallest absolute Gasteiger partial charge is 0.162 e. The van der Waals surface area contributed by atoms with Gasteiger partial charge in [-0.3, -0.25) is 0 Å². The lowest BCUT2D eigenvalue weighted by atomic mass is 9.86. The van der Waals surface area contributed by atoms with Gasteiger partial charge in [-0.15, -0.1) is 0 Å². The summed E-state index contributed by atoms with van der Waals surface area (Å²) in [6, 6.07) is 26.5. The molecule has 4 aromatic rings. The van der Waals surface area contributed by atoms with Crippen molar-refractivity contribution in [1.29, 1.82) is 0 Å². The van der Waals surface area contributed by atoms with Gasteiger partial charge in [0.25, 0.3) is 0 Å². The van der Waals surface area contributed by atoms with Crippen molar-refractivity contribution in [2.75, 3.05) is 28.4 Å². The minimum Gasteiger partial charge on any atom is -0.497 e. The van der Waals surface area contributed by atoms with E-state index in [0.717, 1.165) is 16.9 Å². The van der Waals surface area contributed by atoms with E-state index < -0.39 is 12.2 Å². The first-order chi connectivity index (χ1) is 19.4. The van der Waals surface area contributed by atoms with Gasteiger partial charge in [0.1, 0.15) is 35.4 Å². The molecule has 2 N–H and O–H groups in total. The van der Waals surface area contributed by atoms with Crippen LogP contribution in [0.4, 0.5) is 0 Å². The Balaban J connectivity index is 1.69. The summed E-state index contributed by atoms with van der Waals surface area (Å²) in [7, 11) is 6.19. The van der Waals surface area contributed by atoms with Gasteiger partial charge in [0.15, 0.2) is 6.29 Å². The van der Waals surface area contributed by atoms with Crippen LogP contribution in [0.5, 0.6) is 28.7 Å². The van der Waals surface area contributed by atoms with Crippen LogP contribution in [0, 0.1) is 0 Å². The summed E-state index contributed by atoms with van der Waals surface area (Å²) in [4.78, 5) is 0. The van der Waals surface area contributed by atoms with Crippen molar-refractivity contribution < 1.29 is 33.9 Å². The van der Waals surface area contributed by atoms with E-state index in [0.29, 0.717) is 46.3 Å². The SMILES string of the molecule is COc1cc(OC)cc(C(c2c(/C=C/c3ccc(OCc4ccccc4)cc3)cc(OC)cc2OC)C(O)O)c1. The van der Waals surface area contributed by atoms with Crippen molar-refractivity contribution in [3.63, 3.8) is 0 Å². The fourth-order valence-electron chi connectivity index (χ4n) is 4.48. The van der Waals surface area contributed by atoms with Gasteiger partial charge in [-0.25, -0.2) is 0 Å². The molecule has 0 radical (unpaired) electrons. The normalized spacial score (nSPS) is 11.9. The molecule has 7 nitrogen and oxygen atoms in total. The Labute approximate surface area is 234 Å². The molecule has 0 fully saturated rings. The second-order valence-electron chi connectivity index (χ2n) is 9.05. The molecule has 0 heterocycles. The minimum absolute atomic E-state index is 0.448. The zero-order valence-electron chi connectivity index (χ0n) is 23.0. The second kappa shape index (κ2) is 13.6. The van der Waals surface area contributed by atoms with Crippen LogP contribution < -0.4 is 23.7 Å². The molecule has 0 spiro atoms. The average Bonchev–Trinajstić information content (AvgIpc) is 2.99. The molecule has 0 saturated carbocycles. The summed E-state index contributed by atoms with van der Waals surface area (Å²) >= 11 is 0. The van der Waals surface area contributed by atoms with E-state index in [2.05, 4.69) is 0 Å². The molecule has 0 aliphatic rings. The first-order valence-corrected chi connectivity index (χ1v) is 12.8. The van der Waals surface area contributed by atoms with E-state index in [1.54, 1.807) is 45.6 Å². The lowest BCUT2D eigenvalue weighted by Crippen LogP contribution is -2.21. The quantitative estimate of drug-likeness (QED) is 0.170. The summed E-state index contributed by atoms with van der Waals surface area (Å²) in [6.45, 7) is 0.489. The molecule has 40 heavy (non-hydrogen) atoms. The number of aliphatic hydroxyl groups is 2. The Bertz CT molecular complexity index is 1390. The van der Waals surface area contributed by atoms with E-state index in [9.17, 15) is 10.2 Å². The van der Waals surface area contributed by atoms with Crippen LogP contribution in [-0.2, 0) is 6.61 Å². The lowest BCUT2D eigenvalue weighted by molar-refractivity contribution is -0.0516. The third-order valence-electron chi connectivity index (χ3n) is 6.53. The maximum Gasteiger partial charge on any atom is 0.162 e. The molecule has 1 unspecified atom stereocenters. The molecule has 4 aromatic carbocycles. The van der Waals surface area contributed by atoms with Crippen molar-refractivity contribution in [1.82, 2.24) is 0 Å². The standard InChI is InChI=1S/C33H34O7/c1-36-27-17-25(18-28(19-27)37-2)32(33(34)35)31-24(16-29(38-3)20-30(31)39-4)13-10-22-11-14-26(15-12-22)40-21-23-8-6-5-7-9-23/h5-20,32-35H,21H2,1-4H3/b13-10+. The summed E-state index contributed by atoms with van der Waals surface area (Å²) in [5.41, 5.74) is 3.89. The Morgan fingerprint density at radius 3 is 1.85 bits per heavy atom. The summed E-state index contributed by atoms with van der Waals surface area (Å²) in [6.07, 6.45) is 2.09. The maximum absolute atomic E-state index is 10.6. The van der Waals surface area contributed by atoms with Crippen LogP contribution in [0.15, 0.2) is 84.9 Å². The first kappa shape index (κ1) is 28.5. The van der Waals surface area contributed by atoms with E-state index in [1.165, 1.54) is 7.11 Å². The van der Waals surface area contributed by atoms with Gasteiger partial charge in [-0.05, 0) is 52.6 Å². The van der Waals surface area contributed by atoms with Gasteiger partial charge in [-0.1, -0.05) is 54.6 Å². The third kappa shape index (κ3) is 6.94. The van der Waals surface area contributed by atoms with E-state index in [1.807, 2.05) is 72.8 Å². The Kier molecular flexibility index (Phi) is 9.67. The molecule has 0 aliphatic carbocycles. The molecule has 0 aromatic heterocycles. The number of benzene rings is 4. The van der Waals surface area contributed by atoms with Crippen molar-refractivity contribution >= 4 is 12.2 Å². The Morgan fingerprint density at radius 2 is 1.27 bits per heavy atom. The summed E-state index contributed by atoms with van der Waals surface area (Å²) in [5, 5.41) is 21.2. The van der Waals surface area contributed by atoms with Gasteiger partial charge >= 0.3 is 0 Å². The highest BCUT2D eigenvalue weighted by Gasteiger charge is 2.29. The van der Waals surface area contributed by atoms with E-state index in [4.69, 9.17) is 23.7 Å². The number of methoxy groups -OCH3 is 4. The van der Waals surface area contributed by atoms with Gasteiger partial charge in [0.2, 0.25) is 0 Å². The van der Waals surface area contributed by atoms with Gasteiger partial charge in [0.05, 0.1) is 34.4 Å². The Morgan fingerprint density at radius 1 is 0.650 bits per heavy atom. The molecule has 0 bridgehead atoms. The third-order valence-corrected chi connectivity index (χ3v) is 6.53. The van der Waals surface area contributed by atoms with Crippen LogP contribution >= 0.6 is 0 Å². The summed E-state index contributed by atoms with van der Waals surface area (Å²) in [5.74, 6) is 1.96. The molecule has 208 valence electrons.